The summed E-state index contributed by atoms with van der Waals surface area (Å²) in [6, 6.07) is 10.3. The zero-order valence-electron chi connectivity index (χ0n) is 19.0. The Balaban J connectivity index is 1.80. The van der Waals surface area contributed by atoms with Crippen LogP contribution in [-0.4, -0.2) is 35.2 Å². The number of fused-ring (bicyclic) bond motifs is 1. The molecule has 37 heavy (non-hydrogen) atoms. The van der Waals surface area contributed by atoms with E-state index in [-0.39, 0.29) is 5.56 Å². The summed E-state index contributed by atoms with van der Waals surface area (Å²) in [6.45, 7) is 0. The van der Waals surface area contributed by atoms with Crippen molar-refractivity contribution < 1.29 is 43.9 Å². The first-order valence-electron chi connectivity index (χ1n) is 10.7. The fourth-order valence-electron chi connectivity index (χ4n) is 4.19. The molecule has 1 aliphatic rings. The summed E-state index contributed by atoms with van der Waals surface area (Å²) in [7, 11) is -8.29. The standard InChI is InChI=1S/C24H19F4NO6S2/c1-36(31,32)29-20-11-7-14-12-15(6-9-17(14)20)23(30)18-10-8-16(35-24(26,27)28)13-22(18)37(33,34)21-5-3-2-4-19(21)25/h2-6,8-10,12-13,20,29H,7,11H2,1H3. The molecule has 4 rings (SSSR count). The Morgan fingerprint density at radius 1 is 0.973 bits per heavy atom. The maximum atomic E-state index is 14.4. The maximum absolute atomic E-state index is 14.4. The second-order valence-electron chi connectivity index (χ2n) is 8.36. The van der Waals surface area contributed by atoms with E-state index in [0.29, 0.717) is 30.0 Å². The minimum Gasteiger partial charge on any atom is -0.406 e. The van der Waals surface area contributed by atoms with Gasteiger partial charge in [-0.05, 0) is 54.3 Å². The van der Waals surface area contributed by atoms with Gasteiger partial charge in [0.1, 0.15) is 16.5 Å². The van der Waals surface area contributed by atoms with E-state index < -0.39 is 65.0 Å². The van der Waals surface area contributed by atoms with Crippen LogP contribution in [0.2, 0.25) is 0 Å². The van der Waals surface area contributed by atoms with E-state index >= 15 is 0 Å². The first-order chi connectivity index (χ1) is 17.2. The number of carbonyl (C=O) groups excluding carboxylic acids is 1. The van der Waals surface area contributed by atoms with Crippen molar-refractivity contribution in [1.29, 1.82) is 0 Å². The predicted octanol–water partition coefficient (Wildman–Crippen LogP) is 4.32. The van der Waals surface area contributed by atoms with Gasteiger partial charge < -0.3 is 4.74 Å². The first-order valence-corrected chi connectivity index (χ1v) is 14.1. The van der Waals surface area contributed by atoms with Crippen LogP contribution in [0.3, 0.4) is 0 Å². The molecule has 0 radical (unpaired) electrons. The van der Waals surface area contributed by atoms with Crippen LogP contribution in [0.15, 0.2) is 70.5 Å². The predicted molar refractivity (Wildman–Crippen MR) is 124 cm³/mol. The SMILES string of the molecule is CS(=O)(=O)NC1CCc2cc(C(=O)c3ccc(OC(F)(F)F)cc3S(=O)(=O)c3ccccc3F)ccc21. The largest absolute Gasteiger partial charge is 0.573 e. The van der Waals surface area contributed by atoms with E-state index in [1.54, 1.807) is 0 Å². The number of sulfone groups is 1. The number of ether oxygens (including phenoxy) is 1. The molecule has 1 unspecified atom stereocenters. The number of sulfonamides is 1. The van der Waals surface area contributed by atoms with Crippen LogP contribution in [0.25, 0.3) is 0 Å². The van der Waals surface area contributed by atoms with Gasteiger partial charge in [-0.25, -0.2) is 25.9 Å². The highest BCUT2D eigenvalue weighted by molar-refractivity contribution is 7.91. The molecule has 1 atom stereocenters. The summed E-state index contributed by atoms with van der Waals surface area (Å²) in [5.41, 5.74) is 0.840. The number of nitrogens with one attached hydrogen (secondary N) is 1. The lowest BCUT2D eigenvalue weighted by Gasteiger charge is -2.15. The quantitative estimate of drug-likeness (QED) is 0.343. The lowest BCUT2D eigenvalue weighted by Crippen LogP contribution is -2.25. The van der Waals surface area contributed by atoms with Crippen LogP contribution in [0.5, 0.6) is 5.75 Å². The van der Waals surface area contributed by atoms with E-state index in [2.05, 4.69) is 9.46 Å². The van der Waals surface area contributed by atoms with Crippen molar-refractivity contribution in [3.8, 4) is 5.75 Å². The zero-order valence-corrected chi connectivity index (χ0v) is 20.7. The van der Waals surface area contributed by atoms with Crippen molar-refractivity contribution in [2.45, 2.75) is 35.0 Å². The number of aryl methyl sites for hydroxylation is 1. The summed E-state index contributed by atoms with van der Waals surface area (Å²) < 4.78 is 109. The molecule has 196 valence electrons. The Labute approximate surface area is 210 Å². The fraction of sp³-hybridized carbons (Fsp3) is 0.208. The third-order valence-corrected chi connectivity index (χ3v) is 8.23. The lowest BCUT2D eigenvalue weighted by atomic mass is 9.98. The Bertz CT molecular complexity index is 1600. The van der Waals surface area contributed by atoms with E-state index in [1.165, 1.54) is 30.3 Å². The van der Waals surface area contributed by atoms with Crippen molar-refractivity contribution >= 4 is 25.6 Å². The van der Waals surface area contributed by atoms with Crippen LogP contribution in [0.4, 0.5) is 17.6 Å². The first kappa shape index (κ1) is 26.8. The second kappa shape index (κ2) is 9.54. The van der Waals surface area contributed by atoms with Crippen LogP contribution < -0.4 is 9.46 Å². The Morgan fingerprint density at radius 2 is 1.68 bits per heavy atom. The second-order valence-corrected chi connectivity index (χ2v) is 12.0. The average molecular weight is 558 g/mol. The number of hydrogen-bond acceptors (Lipinski definition) is 6. The molecule has 0 spiro atoms. The molecule has 0 aromatic heterocycles. The number of ketones is 1. The van der Waals surface area contributed by atoms with Gasteiger partial charge in [-0.3, -0.25) is 4.79 Å². The van der Waals surface area contributed by atoms with Crippen LogP contribution >= 0.6 is 0 Å². The van der Waals surface area contributed by atoms with E-state index in [0.717, 1.165) is 30.5 Å². The molecular weight excluding hydrogens is 538 g/mol. The molecule has 0 aliphatic heterocycles. The molecule has 1 aliphatic carbocycles. The van der Waals surface area contributed by atoms with Gasteiger partial charge in [0.05, 0.1) is 11.2 Å². The van der Waals surface area contributed by atoms with Crippen LogP contribution in [0.1, 0.15) is 39.5 Å². The molecule has 0 amide bonds. The summed E-state index contributed by atoms with van der Waals surface area (Å²) in [5, 5.41) is 0. The van der Waals surface area contributed by atoms with Crippen molar-refractivity contribution in [3.63, 3.8) is 0 Å². The van der Waals surface area contributed by atoms with Gasteiger partial charge >= 0.3 is 6.36 Å². The number of carbonyl (C=O) groups is 1. The Hall–Kier alpha value is -3.29. The van der Waals surface area contributed by atoms with Crippen molar-refractivity contribution in [3.05, 3.63) is 88.7 Å². The highest BCUT2D eigenvalue weighted by Crippen LogP contribution is 2.35. The minimum atomic E-state index is -5.14. The Kier molecular flexibility index (Phi) is 6.90. The molecule has 7 nitrogen and oxygen atoms in total. The zero-order chi connectivity index (χ0) is 27.2. The molecule has 0 saturated carbocycles. The van der Waals surface area contributed by atoms with Gasteiger partial charge in [0, 0.05) is 23.2 Å². The summed E-state index contributed by atoms with van der Waals surface area (Å²) in [4.78, 5) is 11.7. The number of rotatable bonds is 7. The molecule has 1 N–H and O–H groups in total. The molecule has 0 saturated heterocycles. The van der Waals surface area contributed by atoms with E-state index in [4.69, 9.17) is 0 Å². The van der Waals surface area contributed by atoms with Gasteiger partial charge in [-0.15, -0.1) is 13.2 Å². The maximum Gasteiger partial charge on any atom is 0.573 e. The van der Waals surface area contributed by atoms with Gasteiger partial charge in [0.15, 0.2) is 5.78 Å². The normalized spacial score (nSPS) is 15.9. The Morgan fingerprint density at radius 3 is 2.32 bits per heavy atom. The number of halogens is 4. The van der Waals surface area contributed by atoms with Gasteiger partial charge in [0.2, 0.25) is 19.9 Å². The fourth-order valence-corrected chi connectivity index (χ4v) is 6.49. The van der Waals surface area contributed by atoms with Crippen LogP contribution in [0, 0.1) is 5.82 Å². The van der Waals surface area contributed by atoms with E-state index in [1.807, 2.05) is 0 Å². The molecule has 0 fully saturated rings. The van der Waals surface area contributed by atoms with Crippen molar-refractivity contribution in [1.82, 2.24) is 4.72 Å². The van der Waals surface area contributed by atoms with Crippen molar-refractivity contribution in [2.24, 2.45) is 0 Å². The molecule has 0 heterocycles. The summed E-state index contributed by atoms with van der Waals surface area (Å²) >= 11 is 0. The van der Waals surface area contributed by atoms with Gasteiger partial charge in [0.25, 0.3) is 0 Å². The highest BCUT2D eigenvalue weighted by Gasteiger charge is 2.34. The summed E-state index contributed by atoms with van der Waals surface area (Å²) in [6.07, 6.45) is -3.24. The average Bonchev–Trinajstić information content (AvgIpc) is 3.18. The molecule has 0 bridgehead atoms. The smallest absolute Gasteiger partial charge is 0.406 e. The molecular formula is C24H19F4NO6S2. The monoisotopic (exact) mass is 557 g/mol. The van der Waals surface area contributed by atoms with E-state index in [9.17, 15) is 39.2 Å². The highest BCUT2D eigenvalue weighted by atomic mass is 32.2. The third-order valence-electron chi connectivity index (χ3n) is 5.69. The summed E-state index contributed by atoms with van der Waals surface area (Å²) in [5.74, 6) is -2.89. The molecule has 3 aromatic carbocycles. The minimum absolute atomic E-state index is 0.0215. The molecule has 13 heteroatoms. The van der Waals surface area contributed by atoms with Crippen molar-refractivity contribution in [2.75, 3.05) is 6.26 Å². The van der Waals surface area contributed by atoms with Gasteiger partial charge in [-0.1, -0.05) is 24.3 Å². The molecule has 3 aromatic rings. The topological polar surface area (TPSA) is 107 Å². The number of alkyl halides is 3. The van der Waals surface area contributed by atoms with Gasteiger partial charge in [-0.2, -0.15) is 0 Å². The number of hydrogen-bond donors (Lipinski definition) is 1. The lowest BCUT2D eigenvalue weighted by molar-refractivity contribution is -0.274. The van der Waals surface area contributed by atoms with Crippen LogP contribution in [-0.2, 0) is 26.3 Å². The number of benzene rings is 3. The third kappa shape index (κ3) is 5.84.